The normalized spacial score (nSPS) is 13.2. The van der Waals surface area contributed by atoms with Crippen molar-refractivity contribution in [1.29, 1.82) is 0 Å². The molecule has 2 N–H and O–H groups in total. The lowest BCUT2D eigenvalue weighted by Crippen LogP contribution is -2.33. The van der Waals surface area contributed by atoms with E-state index in [1.54, 1.807) is 0 Å². The molecule has 104 valence electrons. The van der Waals surface area contributed by atoms with Crippen LogP contribution in [0.25, 0.3) is 0 Å². The van der Waals surface area contributed by atoms with Crippen LogP contribution in [0.4, 0.5) is 0 Å². The lowest BCUT2D eigenvalue weighted by Gasteiger charge is -2.23. The number of nitrogens with zero attached hydrogens (tertiary/aromatic N) is 2. The fourth-order valence-corrected chi connectivity index (χ4v) is 2.67. The van der Waals surface area contributed by atoms with Crippen molar-refractivity contribution >= 4 is 0 Å². The minimum atomic E-state index is 0.253. The minimum absolute atomic E-state index is 0.253. The molecule has 0 fully saturated rings. The van der Waals surface area contributed by atoms with Gasteiger partial charge >= 0.3 is 0 Å². The van der Waals surface area contributed by atoms with E-state index in [9.17, 15) is 0 Å². The fourth-order valence-electron chi connectivity index (χ4n) is 2.67. The topological polar surface area (TPSA) is 43.8 Å². The molecule has 0 aliphatic rings. The second-order valence-electron chi connectivity index (χ2n) is 5.24. The maximum absolute atomic E-state index is 6.39. The summed E-state index contributed by atoms with van der Waals surface area (Å²) in [6.45, 7) is 7.73. The smallest absolute Gasteiger partial charge is 0.110 e. The molecule has 0 radical (unpaired) electrons. The van der Waals surface area contributed by atoms with Crippen molar-refractivity contribution in [2.45, 2.75) is 71.9 Å². The molecule has 0 saturated heterocycles. The summed E-state index contributed by atoms with van der Waals surface area (Å²) in [7, 11) is 0. The highest BCUT2D eigenvalue weighted by molar-refractivity contribution is 4.96. The van der Waals surface area contributed by atoms with Crippen LogP contribution < -0.4 is 5.73 Å². The van der Waals surface area contributed by atoms with Gasteiger partial charge in [-0.3, -0.25) is 0 Å². The van der Waals surface area contributed by atoms with Crippen LogP contribution in [-0.4, -0.2) is 15.6 Å². The van der Waals surface area contributed by atoms with Crippen molar-refractivity contribution in [2.75, 3.05) is 0 Å². The van der Waals surface area contributed by atoms with E-state index in [0.29, 0.717) is 5.92 Å². The molecule has 1 unspecified atom stereocenters. The van der Waals surface area contributed by atoms with Crippen molar-refractivity contribution in [3.63, 3.8) is 0 Å². The van der Waals surface area contributed by atoms with Gasteiger partial charge in [0.1, 0.15) is 5.82 Å². The van der Waals surface area contributed by atoms with Gasteiger partial charge in [0.15, 0.2) is 0 Å². The van der Waals surface area contributed by atoms with E-state index in [-0.39, 0.29) is 6.04 Å². The number of rotatable bonds is 9. The Labute approximate surface area is 112 Å². The lowest BCUT2D eigenvalue weighted by molar-refractivity contribution is 0.353. The van der Waals surface area contributed by atoms with Crippen LogP contribution in [0.3, 0.4) is 0 Å². The highest BCUT2D eigenvalue weighted by Crippen LogP contribution is 2.19. The van der Waals surface area contributed by atoms with Gasteiger partial charge in [-0.25, -0.2) is 4.98 Å². The summed E-state index contributed by atoms with van der Waals surface area (Å²) in [6, 6.07) is 0.253. The average Bonchev–Trinajstić information content (AvgIpc) is 2.77. The molecule has 1 rings (SSSR count). The van der Waals surface area contributed by atoms with Crippen molar-refractivity contribution in [3.05, 3.63) is 18.2 Å². The number of hydrogen-bond donors (Lipinski definition) is 1. The van der Waals surface area contributed by atoms with Gasteiger partial charge in [0, 0.05) is 31.4 Å². The molecular weight excluding hydrogens is 222 g/mol. The molecule has 0 aliphatic heterocycles. The van der Waals surface area contributed by atoms with Gasteiger partial charge in [-0.2, -0.15) is 0 Å². The predicted molar refractivity (Wildman–Crippen MR) is 77.5 cm³/mol. The molecule has 0 spiro atoms. The number of imidazole rings is 1. The Morgan fingerprint density at radius 3 is 2.39 bits per heavy atom. The van der Waals surface area contributed by atoms with E-state index in [1.807, 2.05) is 6.20 Å². The molecule has 3 heteroatoms. The summed E-state index contributed by atoms with van der Waals surface area (Å²) in [5.74, 6) is 1.80. The Bertz CT molecular complexity index is 313. The molecule has 1 atom stereocenters. The number of aromatic nitrogens is 2. The molecule has 3 nitrogen and oxygen atoms in total. The number of hydrogen-bond acceptors (Lipinski definition) is 2. The van der Waals surface area contributed by atoms with E-state index in [2.05, 4.69) is 36.5 Å². The molecule has 1 aromatic rings. The Balaban J connectivity index is 2.60. The summed E-state index contributed by atoms with van der Waals surface area (Å²) in [4.78, 5) is 4.46. The van der Waals surface area contributed by atoms with Crippen molar-refractivity contribution < 1.29 is 0 Å². The molecule has 0 bridgehead atoms. The molecule has 0 saturated carbocycles. The first kappa shape index (κ1) is 15.2. The quantitative estimate of drug-likeness (QED) is 0.731. The largest absolute Gasteiger partial charge is 0.335 e. The van der Waals surface area contributed by atoms with Gasteiger partial charge in [0.05, 0.1) is 0 Å². The highest BCUT2D eigenvalue weighted by Gasteiger charge is 2.18. The van der Waals surface area contributed by atoms with Gasteiger partial charge in [0.25, 0.3) is 0 Å². The summed E-state index contributed by atoms with van der Waals surface area (Å²) in [5.41, 5.74) is 6.39. The molecule has 0 aliphatic carbocycles. The van der Waals surface area contributed by atoms with E-state index in [4.69, 9.17) is 5.73 Å². The predicted octanol–water partition coefficient (Wildman–Crippen LogP) is 3.38. The summed E-state index contributed by atoms with van der Waals surface area (Å²) < 4.78 is 2.24. The maximum Gasteiger partial charge on any atom is 0.110 e. The monoisotopic (exact) mass is 251 g/mol. The van der Waals surface area contributed by atoms with Crippen molar-refractivity contribution in [1.82, 2.24) is 9.55 Å². The summed E-state index contributed by atoms with van der Waals surface area (Å²) in [6.07, 6.45) is 11.0. The van der Waals surface area contributed by atoms with Crippen LogP contribution in [0.5, 0.6) is 0 Å². The zero-order valence-electron chi connectivity index (χ0n) is 12.2. The molecule has 18 heavy (non-hydrogen) atoms. The van der Waals surface area contributed by atoms with Crippen LogP contribution in [0.15, 0.2) is 12.4 Å². The van der Waals surface area contributed by atoms with Gasteiger partial charge in [-0.15, -0.1) is 0 Å². The van der Waals surface area contributed by atoms with Crippen LogP contribution in [-0.2, 0) is 13.0 Å². The first-order valence-corrected chi connectivity index (χ1v) is 7.48. The standard InChI is InChI=1S/C15H29N3/c1-4-7-13(8-5-2)14(16)12-15-17-9-11-18(15)10-6-3/h9,11,13-14H,4-8,10,12,16H2,1-3H3. The zero-order valence-corrected chi connectivity index (χ0v) is 12.2. The van der Waals surface area contributed by atoms with Crippen LogP contribution >= 0.6 is 0 Å². The van der Waals surface area contributed by atoms with Crippen molar-refractivity contribution in [2.24, 2.45) is 11.7 Å². The first-order chi connectivity index (χ1) is 8.72. The Kier molecular flexibility index (Phi) is 7.02. The maximum atomic E-state index is 6.39. The fraction of sp³-hybridized carbons (Fsp3) is 0.800. The second-order valence-corrected chi connectivity index (χ2v) is 5.24. The van der Waals surface area contributed by atoms with Crippen LogP contribution in [0.1, 0.15) is 58.7 Å². The van der Waals surface area contributed by atoms with Crippen molar-refractivity contribution in [3.8, 4) is 0 Å². The SMILES string of the molecule is CCCC(CCC)C(N)Cc1nccn1CCC. The Morgan fingerprint density at radius 1 is 1.17 bits per heavy atom. The molecule has 0 aromatic carbocycles. The third kappa shape index (κ3) is 4.45. The van der Waals surface area contributed by atoms with Gasteiger partial charge in [-0.1, -0.05) is 33.6 Å². The van der Waals surface area contributed by atoms with Gasteiger partial charge in [0.2, 0.25) is 0 Å². The Hall–Kier alpha value is -0.830. The molecule has 0 amide bonds. The molecule has 1 heterocycles. The molecule has 1 aromatic heterocycles. The van der Waals surface area contributed by atoms with Gasteiger partial charge in [-0.05, 0) is 25.2 Å². The Morgan fingerprint density at radius 2 is 1.83 bits per heavy atom. The summed E-state index contributed by atoms with van der Waals surface area (Å²) >= 11 is 0. The number of nitrogens with two attached hydrogens (primary N) is 1. The third-order valence-corrected chi connectivity index (χ3v) is 3.61. The van der Waals surface area contributed by atoms with E-state index in [1.165, 1.54) is 25.7 Å². The average molecular weight is 251 g/mol. The second kappa shape index (κ2) is 8.30. The van der Waals surface area contributed by atoms with Gasteiger partial charge < -0.3 is 10.3 Å². The van der Waals surface area contributed by atoms with Crippen LogP contribution in [0.2, 0.25) is 0 Å². The zero-order chi connectivity index (χ0) is 13.4. The number of aryl methyl sites for hydroxylation is 1. The van der Waals surface area contributed by atoms with E-state index >= 15 is 0 Å². The van der Waals surface area contributed by atoms with Crippen LogP contribution in [0, 0.1) is 5.92 Å². The third-order valence-electron chi connectivity index (χ3n) is 3.61. The lowest BCUT2D eigenvalue weighted by atomic mass is 9.89. The summed E-state index contributed by atoms with van der Waals surface area (Å²) in [5, 5.41) is 0. The molecular formula is C15H29N3. The minimum Gasteiger partial charge on any atom is -0.335 e. The highest BCUT2D eigenvalue weighted by atomic mass is 15.1. The van der Waals surface area contributed by atoms with E-state index in [0.717, 1.165) is 25.2 Å². The first-order valence-electron chi connectivity index (χ1n) is 7.48. The van der Waals surface area contributed by atoms with E-state index < -0.39 is 0 Å².